The minimum atomic E-state index is -3.42. The molecule has 0 aliphatic heterocycles. The van der Waals surface area contributed by atoms with Crippen molar-refractivity contribution in [3.8, 4) is 0 Å². The highest BCUT2D eigenvalue weighted by Crippen LogP contribution is 2.38. The highest BCUT2D eigenvalue weighted by atomic mass is 32.2. The lowest BCUT2D eigenvalue weighted by Crippen LogP contribution is -2.33. The first kappa shape index (κ1) is 14.1. The largest absolute Gasteiger partial charge is 0.390 e. The molecule has 1 aromatic rings. The van der Waals surface area contributed by atoms with Gasteiger partial charge in [0.25, 0.3) is 0 Å². The molecular formula is C14H22N2O3S. The molecule has 112 valence electrons. The minimum absolute atomic E-state index is 0.108. The maximum absolute atomic E-state index is 12.8. The fourth-order valence-electron chi connectivity index (χ4n) is 2.67. The van der Waals surface area contributed by atoms with E-state index in [4.69, 9.17) is 0 Å². The van der Waals surface area contributed by atoms with Crippen LogP contribution in [0.4, 0.5) is 0 Å². The van der Waals surface area contributed by atoms with Crippen LogP contribution in [0.3, 0.4) is 0 Å². The molecule has 2 fully saturated rings. The van der Waals surface area contributed by atoms with Crippen LogP contribution in [0.1, 0.15) is 50.8 Å². The molecule has 1 aromatic heterocycles. The van der Waals surface area contributed by atoms with Crippen LogP contribution in [0.5, 0.6) is 0 Å². The van der Waals surface area contributed by atoms with Crippen molar-refractivity contribution in [2.75, 3.05) is 6.54 Å². The highest BCUT2D eigenvalue weighted by Gasteiger charge is 2.38. The Labute approximate surface area is 120 Å². The summed E-state index contributed by atoms with van der Waals surface area (Å²) in [6.07, 6.45) is 6.62. The van der Waals surface area contributed by atoms with Crippen LogP contribution in [0.2, 0.25) is 0 Å². The third kappa shape index (κ3) is 2.52. The van der Waals surface area contributed by atoms with Gasteiger partial charge >= 0.3 is 0 Å². The Bertz CT molecular complexity index is 586. The van der Waals surface area contributed by atoms with E-state index in [0.717, 1.165) is 32.1 Å². The lowest BCUT2D eigenvalue weighted by atomic mass is 10.4. The van der Waals surface area contributed by atoms with E-state index >= 15 is 0 Å². The standard InChI is InChI=1S/C14H22N2O3S/c1-2-7-16(12-5-6-12)20(18,19)14-8-13(10-17)15(9-14)11-3-4-11/h8-9,11-12,17H,2-7,10H2,1H3. The lowest BCUT2D eigenvalue weighted by Gasteiger charge is -2.20. The zero-order chi connectivity index (χ0) is 14.3. The van der Waals surface area contributed by atoms with Crippen LogP contribution in [-0.4, -0.2) is 35.0 Å². The zero-order valence-corrected chi connectivity index (χ0v) is 12.6. The molecule has 2 saturated carbocycles. The molecule has 1 N–H and O–H groups in total. The topological polar surface area (TPSA) is 62.5 Å². The van der Waals surface area contributed by atoms with Crippen LogP contribution in [-0.2, 0) is 16.6 Å². The van der Waals surface area contributed by atoms with Gasteiger partial charge in [-0.15, -0.1) is 0 Å². The number of aliphatic hydroxyl groups is 1. The predicted molar refractivity (Wildman–Crippen MR) is 75.8 cm³/mol. The summed E-state index contributed by atoms with van der Waals surface area (Å²) in [4.78, 5) is 0.341. The normalized spacial score (nSPS) is 19.8. The average Bonchev–Trinajstić information content (AvgIpc) is 3.33. The second kappa shape index (κ2) is 5.16. The monoisotopic (exact) mass is 298 g/mol. The molecule has 3 rings (SSSR count). The van der Waals surface area contributed by atoms with Gasteiger partial charge in [0.1, 0.15) is 4.90 Å². The number of rotatable bonds is 7. The van der Waals surface area contributed by atoms with Crippen LogP contribution in [0.25, 0.3) is 0 Å². The first-order valence-electron chi connectivity index (χ1n) is 7.41. The van der Waals surface area contributed by atoms with E-state index in [9.17, 15) is 13.5 Å². The minimum Gasteiger partial charge on any atom is -0.390 e. The molecule has 0 atom stereocenters. The van der Waals surface area contributed by atoms with E-state index in [1.165, 1.54) is 0 Å². The molecule has 5 nitrogen and oxygen atoms in total. The van der Waals surface area contributed by atoms with Crippen molar-refractivity contribution in [1.29, 1.82) is 0 Å². The van der Waals surface area contributed by atoms with Crippen LogP contribution >= 0.6 is 0 Å². The Kier molecular flexibility index (Phi) is 3.64. The first-order chi connectivity index (χ1) is 9.57. The summed E-state index contributed by atoms with van der Waals surface area (Å²) in [5.74, 6) is 0. The van der Waals surface area contributed by atoms with Crippen molar-refractivity contribution in [1.82, 2.24) is 8.87 Å². The molecular weight excluding hydrogens is 276 g/mol. The number of aromatic nitrogens is 1. The number of hydrogen-bond donors (Lipinski definition) is 1. The summed E-state index contributed by atoms with van der Waals surface area (Å²) in [5.41, 5.74) is 0.707. The summed E-state index contributed by atoms with van der Waals surface area (Å²) in [6, 6.07) is 2.20. The van der Waals surface area contributed by atoms with Crippen molar-refractivity contribution in [2.24, 2.45) is 0 Å². The van der Waals surface area contributed by atoms with E-state index in [2.05, 4.69) is 0 Å². The predicted octanol–water partition coefficient (Wildman–Crippen LogP) is 1.88. The molecule has 6 heteroatoms. The van der Waals surface area contributed by atoms with E-state index in [-0.39, 0.29) is 12.6 Å². The molecule has 0 radical (unpaired) electrons. The summed E-state index contributed by atoms with van der Waals surface area (Å²) < 4.78 is 29.1. The second-order valence-corrected chi connectivity index (χ2v) is 7.70. The van der Waals surface area contributed by atoms with Crippen molar-refractivity contribution < 1.29 is 13.5 Å². The van der Waals surface area contributed by atoms with Crippen LogP contribution in [0, 0.1) is 0 Å². The quantitative estimate of drug-likeness (QED) is 0.836. The molecule has 0 spiro atoms. The number of hydrogen-bond acceptors (Lipinski definition) is 3. The molecule has 2 aliphatic rings. The Hall–Kier alpha value is -0.850. The maximum Gasteiger partial charge on any atom is 0.244 e. The highest BCUT2D eigenvalue weighted by molar-refractivity contribution is 7.89. The average molecular weight is 298 g/mol. The van der Waals surface area contributed by atoms with E-state index in [0.29, 0.717) is 23.2 Å². The van der Waals surface area contributed by atoms with E-state index in [1.807, 2.05) is 11.5 Å². The molecule has 0 unspecified atom stereocenters. The van der Waals surface area contributed by atoms with E-state index in [1.54, 1.807) is 16.6 Å². The smallest absolute Gasteiger partial charge is 0.244 e. The van der Waals surface area contributed by atoms with Crippen LogP contribution in [0.15, 0.2) is 17.2 Å². The summed E-state index contributed by atoms with van der Waals surface area (Å²) in [5, 5.41) is 9.41. The molecule has 0 amide bonds. The van der Waals surface area contributed by atoms with Gasteiger partial charge in [-0.1, -0.05) is 6.92 Å². The fourth-order valence-corrected chi connectivity index (χ4v) is 4.50. The van der Waals surface area contributed by atoms with Crippen LogP contribution < -0.4 is 0 Å². The van der Waals surface area contributed by atoms with Crippen molar-refractivity contribution >= 4 is 10.0 Å². The zero-order valence-electron chi connectivity index (χ0n) is 11.8. The molecule has 0 aromatic carbocycles. The van der Waals surface area contributed by atoms with Gasteiger partial charge in [-0.2, -0.15) is 4.31 Å². The van der Waals surface area contributed by atoms with Gasteiger partial charge in [0.05, 0.1) is 6.61 Å². The third-order valence-electron chi connectivity index (χ3n) is 4.01. The third-order valence-corrected chi connectivity index (χ3v) is 5.93. The number of sulfonamides is 1. The van der Waals surface area contributed by atoms with Gasteiger partial charge in [0, 0.05) is 30.5 Å². The summed E-state index contributed by atoms with van der Waals surface area (Å²) >= 11 is 0. The van der Waals surface area contributed by atoms with Gasteiger partial charge < -0.3 is 9.67 Å². The molecule has 0 saturated heterocycles. The molecule has 2 aliphatic carbocycles. The summed E-state index contributed by atoms with van der Waals surface area (Å²) in [7, 11) is -3.42. The van der Waals surface area contributed by atoms with Gasteiger partial charge in [0.2, 0.25) is 10.0 Å². The van der Waals surface area contributed by atoms with Crippen molar-refractivity contribution in [3.63, 3.8) is 0 Å². The van der Waals surface area contributed by atoms with Gasteiger partial charge in [-0.25, -0.2) is 8.42 Å². The fraction of sp³-hybridized carbons (Fsp3) is 0.714. The Morgan fingerprint density at radius 1 is 1.35 bits per heavy atom. The summed E-state index contributed by atoms with van der Waals surface area (Å²) in [6.45, 7) is 2.47. The molecule has 20 heavy (non-hydrogen) atoms. The second-order valence-electron chi connectivity index (χ2n) is 5.81. The number of aliphatic hydroxyl groups excluding tert-OH is 1. The lowest BCUT2D eigenvalue weighted by molar-refractivity contribution is 0.270. The van der Waals surface area contributed by atoms with Gasteiger partial charge in [0.15, 0.2) is 0 Å². The van der Waals surface area contributed by atoms with Gasteiger partial charge in [-0.3, -0.25) is 0 Å². The van der Waals surface area contributed by atoms with Crippen molar-refractivity contribution in [2.45, 2.75) is 62.6 Å². The first-order valence-corrected chi connectivity index (χ1v) is 8.85. The maximum atomic E-state index is 12.8. The van der Waals surface area contributed by atoms with Gasteiger partial charge in [-0.05, 0) is 38.2 Å². The number of nitrogens with zero attached hydrogens (tertiary/aromatic N) is 2. The molecule has 0 bridgehead atoms. The van der Waals surface area contributed by atoms with E-state index < -0.39 is 10.0 Å². The Morgan fingerprint density at radius 3 is 2.55 bits per heavy atom. The SMILES string of the molecule is CCCN(C1CC1)S(=O)(=O)c1cc(CO)n(C2CC2)c1. The Morgan fingerprint density at radius 2 is 2.05 bits per heavy atom. The van der Waals surface area contributed by atoms with Crippen molar-refractivity contribution in [3.05, 3.63) is 18.0 Å². The molecule has 1 heterocycles. The Balaban J connectivity index is 1.93.